The van der Waals surface area contributed by atoms with E-state index in [-0.39, 0.29) is 18.3 Å². The van der Waals surface area contributed by atoms with Crippen LogP contribution < -0.4 is 18.9 Å². The van der Waals surface area contributed by atoms with Crippen LogP contribution in [0.25, 0.3) is 32.3 Å². The minimum atomic E-state index is -0.450. The van der Waals surface area contributed by atoms with Gasteiger partial charge in [0.25, 0.3) is 0 Å². The fourth-order valence-electron chi connectivity index (χ4n) is 8.22. The Hall–Kier alpha value is -4.49. The van der Waals surface area contributed by atoms with Crippen molar-refractivity contribution in [3.8, 4) is 23.0 Å². The summed E-state index contributed by atoms with van der Waals surface area (Å²) < 4.78 is 22.2. The second-order valence-electron chi connectivity index (χ2n) is 14.9. The predicted molar refractivity (Wildman–Crippen MR) is 231 cm³/mol. The lowest BCUT2D eigenvalue weighted by atomic mass is 9.77. The molecule has 292 valence electrons. The molecule has 1 aliphatic rings. The van der Waals surface area contributed by atoms with Gasteiger partial charge in [-0.25, -0.2) is 0 Å². The van der Waals surface area contributed by atoms with Gasteiger partial charge in [-0.05, 0) is 144 Å². The molecule has 0 aromatic heterocycles. The van der Waals surface area contributed by atoms with E-state index in [1.54, 1.807) is 28.4 Å². The van der Waals surface area contributed by atoms with Gasteiger partial charge in [0, 0.05) is 0 Å². The molecule has 6 nitrogen and oxygen atoms in total. The lowest BCUT2D eigenvalue weighted by molar-refractivity contribution is 0.0825. The van der Waals surface area contributed by atoms with Crippen molar-refractivity contribution in [2.24, 2.45) is 5.92 Å². The van der Waals surface area contributed by atoms with Gasteiger partial charge in [-0.1, -0.05) is 86.6 Å². The van der Waals surface area contributed by atoms with E-state index in [9.17, 15) is 5.11 Å². The summed E-state index contributed by atoms with van der Waals surface area (Å²) in [6.07, 6.45) is 5.76. The summed E-state index contributed by atoms with van der Waals surface area (Å²) in [4.78, 5) is 2.40. The summed E-state index contributed by atoms with van der Waals surface area (Å²) >= 11 is 0. The highest BCUT2D eigenvalue weighted by molar-refractivity contribution is 6.13. The molecular formula is C48H58ClNO5. The summed E-state index contributed by atoms with van der Waals surface area (Å²) in [5, 5.41) is 18.6. The fourth-order valence-corrected chi connectivity index (χ4v) is 8.22. The third-order valence-corrected chi connectivity index (χ3v) is 11.2. The van der Waals surface area contributed by atoms with E-state index in [4.69, 9.17) is 18.9 Å². The van der Waals surface area contributed by atoms with E-state index < -0.39 is 6.10 Å². The molecule has 0 amide bonds. The molecule has 0 aliphatic heterocycles. The first-order valence-corrected chi connectivity index (χ1v) is 19.4. The topological polar surface area (TPSA) is 60.4 Å². The molecule has 0 saturated heterocycles. The van der Waals surface area contributed by atoms with Crippen LogP contribution in [0.2, 0.25) is 0 Å². The van der Waals surface area contributed by atoms with Gasteiger partial charge in [0.15, 0.2) is 11.5 Å². The third-order valence-electron chi connectivity index (χ3n) is 11.2. The molecule has 0 fully saturated rings. The Bertz CT molecular complexity index is 2180. The molecule has 0 saturated carbocycles. The number of methoxy groups -OCH3 is 4. The van der Waals surface area contributed by atoms with Crippen molar-refractivity contribution in [1.82, 2.24) is 4.90 Å². The van der Waals surface area contributed by atoms with Crippen molar-refractivity contribution >= 4 is 44.7 Å². The lowest BCUT2D eigenvalue weighted by Crippen LogP contribution is -2.27. The maximum atomic E-state index is 11.4. The molecule has 1 N–H and O–H groups in total. The van der Waals surface area contributed by atoms with Crippen LogP contribution in [-0.4, -0.2) is 58.6 Å². The zero-order valence-corrected chi connectivity index (χ0v) is 34.4. The number of fused-ring (bicyclic) bond motifs is 6. The van der Waals surface area contributed by atoms with Crippen molar-refractivity contribution < 1.29 is 24.1 Å². The molecule has 7 heteroatoms. The van der Waals surface area contributed by atoms with Crippen LogP contribution in [-0.2, 0) is 12.8 Å². The van der Waals surface area contributed by atoms with Crippen LogP contribution in [0.5, 0.6) is 23.0 Å². The summed E-state index contributed by atoms with van der Waals surface area (Å²) in [5.41, 5.74) is 5.03. The van der Waals surface area contributed by atoms with Crippen LogP contribution in [0.4, 0.5) is 0 Å². The van der Waals surface area contributed by atoms with Crippen molar-refractivity contribution in [2.45, 2.75) is 64.4 Å². The monoisotopic (exact) mass is 763 g/mol. The number of aliphatic hydroxyl groups excluding tert-OH is 1. The second kappa shape index (κ2) is 19.4. The smallest absolute Gasteiger partial charge is 0.160 e. The van der Waals surface area contributed by atoms with Crippen molar-refractivity contribution in [3.63, 3.8) is 0 Å². The van der Waals surface area contributed by atoms with E-state index in [1.807, 2.05) is 18.2 Å². The average molecular weight is 764 g/mol. The molecule has 0 spiro atoms. The molecule has 2 unspecified atom stereocenters. The van der Waals surface area contributed by atoms with Crippen LogP contribution in [0.15, 0.2) is 97.1 Å². The molecular weight excluding hydrogens is 706 g/mol. The van der Waals surface area contributed by atoms with E-state index in [2.05, 4.69) is 105 Å². The summed E-state index contributed by atoms with van der Waals surface area (Å²) in [6.45, 7) is 6.51. The van der Waals surface area contributed by atoms with Gasteiger partial charge in [0.2, 0.25) is 0 Å². The number of benzene rings is 6. The van der Waals surface area contributed by atoms with Gasteiger partial charge in [0.1, 0.15) is 11.5 Å². The van der Waals surface area contributed by atoms with E-state index in [1.165, 1.54) is 38.2 Å². The van der Waals surface area contributed by atoms with E-state index >= 15 is 0 Å². The van der Waals surface area contributed by atoms with E-state index in [0.29, 0.717) is 5.92 Å². The van der Waals surface area contributed by atoms with Gasteiger partial charge < -0.3 is 29.0 Å². The Kier molecular flexibility index (Phi) is 14.7. The number of aliphatic hydroxyl groups is 1. The molecule has 0 radical (unpaired) electrons. The molecule has 0 heterocycles. The van der Waals surface area contributed by atoms with Crippen LogP contribution in [0.3, 0.4) is 0 Å². The molecule has 2 atom stereocenters. The van der Waals surface area contributed by atoms with Crippen molar-refractivity contribution in [3.05, 3.63) is 119 Å². The number of hydrogen-bond donors (Lipinski definition) is 1. The average Bonchev–Trinajstić information content (AvgIpc) is 3.21. The molecule has 6 aromatic rings. The number of aryl methyl sites for hydroxylation is 2. The van der Waals surface area contributed by atoms with Crippen LogP contribution in [0.1, 0.15) is 73.8 Å². The number of nitrogens with zero attached hydrogens (tertiary/aromatic N) is 1. The Morgan fingerprint density at radius 3 is 2.13 bits per heavy atom. The zero-order valence-electron chi connectivity index (χ0n) is 33.6. The molecule has 55 heavy (non-hydrogen) atoms. The summed E-state index contributed by atoms with van der Waals surface area (Å²) in [5.74, 6) is 4.04. The summed E-state index contributed by atoms with van der Waals surface area (Å²) in [7, 11) is 8.94. The van der Waals surface area contributed by atoms with Crippen molar-refractivity contribution in [2.75, 3.05) is 48.6 Å². The summed E-state index contributed by atoms with van der Waals surface area (Å²) in [6, 6.07) is 33.8. The first-order chi connectivity index (χ1) is 26.3. The highest BCUT2D eigenvalue weighted by Crippen LogP contribution is 2.45. The van der Waals surface area contributed by atoms with Crippen LogP contribution >= 0.6 is 12.4 Å². The molecule has 7 rings (SSSR count). The van der Waals surface area contributed by atoms with Gasteiger partial charge >= 0.3 is 0 Å². The van der Waals surface area contributed by atoms with Gasteiger partial charge in [-0.15, -0.1) is 12.4 Å². The maximum Gasteiger partial charge on any atom is 0.160 e. The highest BCUT2D eigenvalue weighted by atomic mass is 35.5. The Morgan fingerprint density at radius 2 is 1.38 bits per heavy atom. The quantitative estimate of drug-likeness (QED) is 0.0934. The predicted octanol–water partition coefficient (Wildman–Crippen LogP) is 11.4. The molecule has 0 bridgehead atoms. The first kappa shape index (κ1) is 41.7. The minimum absolute atomic E-state index is 0. The SMILES string of the molecule is CC(C)c1cccc2ccccc12.COc1ccc(CCCCN(C)CCC2CCc3c(ccc4c3cc(OC)c3c(OC)cccc34)C2O)cc1OC.Cl. The second-order valence-corrected chi connectivity index (χ2v) is 14.9. The zero-order chi connectivity index (χ0) is 38.2. The van der Waals surface area contributed by atoms with E-state index in [0.717, 1.165) is 90.9 Å². The van der Waals surface area contributed by atoms with Crippen LogP contribution in [0, 0.1) is 5.92 Å². The normalized spacial score (nSPS) is 15.0. The van der Waals surface area contributed by atoms with Gasteiger partial charge in [-0.2, -0.15) is 0 Å². The Morgan fingerprint density at radius 1 is 0.673 bits per heavy atom. The third kappa shape index (κ3) is 9.32. The standard InChI is InChI=1S/C35H43NO5.C13H14.ClH/c1-36(19-7-6-9-23-12-17-30(38-2)32(21-23)40-4)20-18-24-13-14-26-28(35(24)37)16-15-25-27-10-8-11-31(39-3)34(27)33(41-5)22-29(25)26;1-10(2)12-9-5-7-11-6-3-4-8-13(11)12;/h8,10-12,15-17,21-22,24,35,37H,6-7,9,13-14,18-20H2,1-5H3;3-10H,1-2H3;1H. The highest BCUT2D eigenvalue weighted by Gasteiger charge is 2.29. The number of ether oxygens (including phenoxy) is 4. The first-order valence-electron chi connectivity index (χ1n) is 19.4. The maximum absolute atomic E-state index is 11.4. The number of halogens is 1. The largest absolute Gasteiger partial charge is 0.496 e. The lowest BCUT2D eigenvalue weighted by Gasteiger charge is -2.32. The van der Waals surface area contributed by atoms with Gasteiger partial charge in [-0.3, -0.25) is 0 Å². The molecule has 1 aliphatic carbocycles. The Balaban J connectivity index is 0.000000349. The number of rotatable bonds is 13. The van der Waals surface area contributed by atoms with Crippen molar-refractivity contribution in [1.29, 1.82) is 0 Å². The fraction of sp³-hybridized carbons (Fsp3) is 0.375. The minimum Gasteiger partial charge on any atom is -0.496 e. The number of hydrogen-bond acceptors (Lipinski definition) is 6. The number of unbranched alkanes of at least 4 members (excludes halogenated alkanes) is 1. The molecule has 6 aromatic carbocycles. The van der Waals surface area contributed by atoms with Gasteiger partial charge in [0.05, 0.1) is 39.9 Å². The Labute approximate surface area is 333 Å².